The third kappa shape index (κ3) is 5.36. The van der Waals surface area contributed by atoms with Gasteiger partial charge in [0.2, 0.25) is 10.0 Å². The molecular formula is C23H22N2O5S. The van der Waals surface area contributed by atoms with Crippen molar-refractivity contribution in [3.63, 3.8) is 0 Å². The molecule has 0 aromatic heterocycles. The first-order valence-electron chi connectivity index (χ1n) is 9.52. The first kappa shape index (κ1) is 22.2. The van der Waals surface area contributed by atoms with E-state index in [1.54, 1.807) is 12.1 Å². The third-order valence-electron chi connectivity index (χ3n) is 4.59. The molecule has 3 rings (SSSR count). The zero-order valence-electron chi connectivity index (χ0n) is 17.0. The van der Waals surface area contributed by atoms with Crippen LogP contribution in [0.25, 0.3) is 11.1 Å². The molecule has 160 valence electrons. The number of rotatable bonds is 7. The number of esters is 1. The normalized spacial score (nSPS) is 12.1. The van der Waals surface area contributed by atoms with E-state index in [-0.39, 0.29) is 10.5 Å². The highest BCUT2D eigenvalue weighted by Gasteiger charge is 2.21. The van der Waals surface area contributed by atoms with Crippen molar-refractivity contribution < 1.29 is 22.7 Å². The van der Waals surface area contributed by atoms with E-state index < -0.39 is 28.0 Å². The van der Waals surface area contributed by atoms with Crippen LogP contribution in [-0.4, -0.2) is 33.4 Å². The van der Waals surface area contributed by atoms with Gasteiger partial charge in [0.05, 0.1) is 10.5 Å². The quantitative estimate of drug-likeness (QED) is 0.550. The Morgan fingerprint density at radius 3 is 2.13 bits per heavy atom. The zero-order valence-corrected chi connectivity index (χ0v) is 17.8. The van der Waals surface area contributed by atoms with Crippen molar-refractivity contribution in [3.8, 4) is 11.1 Å². The Morgan fingerprint density at radius 2 is 1.48 bits per heavy atom. The molecule has 2 N–H and O–H groups in total. The molecule has 0 heterocycles. The summed E-state index contributed by atoms with van der Waals surface area (Å²) in [6, 6.07) is 22.2. The van der Waals surface area contributed by atoms with Gasteiger partial charge in [0, 0.05) is 11.3 Å². The smallest absolute Gasteiger partial charge is 0.338 e. The van der Waals surface area contributed by atoms with Crippen LogP contribution in [0.4, 0.5) is 5.69 Å². The van der Waals surface area contributed by atoms with E-state index in [1.165, 1.54) is 38.2 Å². The number of nitrogens with one attached hydrogen (secondary N) is 2. The predicted octanol–water partition coefficient (Wildman–Crippen LogP) is 3.45. The molecule has 1 atom stereocenters. The summed E-state index contributed by atoms with van der Waals surface area (Å²) in [7, 11) is -2.31. The monoisotopic (exact) mass is 438 g/mol. The lowest BCUT2D eigenvalue weighted by Crippen LogP contribution is -2.30. The number of hydrogen-bond donors (Lipinski definition) is 2. The van der Waals surface area contributed by atoms with Crippen LogP contribution < -0.4 is 10.0 Å². The number of anilines is 1. The van der Waals surface area contributed by atoms with Gasteiger partial charge in [0.15, 0.2) is 6.10 Å². The summed E-state index contributed by atoms with van der Waals surface area (Å²) in [5.41, 5.74) is 2.53. The highest BCUT2D eigenvalue weighted by molar-refractivity contribution is 7.89. The first-order valence-corrected chi connectivity index (χ1v) is 11.0. The lowest BCUT2D eigenvalue weighted by atomic mass is 10.0. The molecule has 1 unspecified atom stereocenters. The molecule has 0 aliphatic heterocycles. The number of hydrogen-bond acceptors (Lipinski definition) is 5. The fourth-order valence-electron chi connectivity index (χ4n) is 2.87. The molecule has 0 bridgehead atoms. The van der Waals surface area contributed by atoms with E-state index in [0.29, 0.717) is 5.69 Å². The van der Waals surface area contributed by atoms with Gasteiger partial charge in [-0.25, -0.2) is 17.9 Å². The maximum atomic E-state index is 12.6. The maximum Gasteiger partial charge on any atom is 0.338 e. The number of carbonyl (C=O) groups excluding carboxylic acids is 2. The van der Waals surface area contributed by atoms with Gasteiger partial charge in [0.1, 0.15) is 0 Å². The average molecular weight is 439 g/mol. The second-order valence-electron chi connectivity index (χ2n) is 6.68. The lowest BCUT2D eigenvalue weighted by Gasteiger charge is -2.16. The highest BCUT2D eigenvalue weighted by atomic mass is 32.2. The molecule has 7 nitrogen and oxygen atoms in total. The van der Waals surface area contributed by atoms with Crippen molar-refractivity contribution in [1.82, 2.24) is 4.72 Å². The van der Waals surface area contributed by atoms with Crippen LogP contribution in [0.3, 0.4) is 0 Å². The number of ether oxygens (including phenoxy) is 1. The Balaban J connectivity index is 1.69. The van der Waals surface area contributed by atoms with Gasteiger partial charge in [-0.2, -0.15) is 0 Å². The molecule has 3 aromatic carbocycles. The molecule has 31 heavy (non-hydrogen) atoms. The van der Waals surface area contributed by atoms with E-state index in [1.807, 2.05) is 42.5 Å². The molecule has 8 heteroatoms. The van der Waals surface area contributed by atoms with Gasteiger partial charge in [0.25, 0.3) is 5.91 Å². The summed E-state index contributed by atoms with van der Waals surface area (Å²) in [5, 5.41) is 2.80. The molecular weight excluding hydrogens is 416 g/mol. The van der Waals surface area contributed by atoms with Crippen molar-refractivity contribution >= 4 is 27.6 Å². The minimum absolute atomic E-state index is 0.0230. The lowest BCUT2D eigenvalue weighted by molar-refractivity contribution is -0.123. The number of benzene rings is 3. The van der Waals surface area contributed by atoms with Crippen LogP contribution in [0.5, 0.6) is 0 Å². The predicted molar refractivity (Wildman–Crippen MR) is 118 cm³/mol. The number of amides is 1. The van der Waals surface area contributed by atoms with Crippen LogP contribution in [0.1, 0.15) is 17.3 Å². The molecule has 1 amide bonds. The van der Waals surface area contributed by atoms with E-state index in [4.69, 9.17) is 4.74 Å². The largest absolute Gasteiger partial charge is 0.449 e. The number of carbonyl (C=O) groups is 2. The van der Waals surface area contributed by atoms with Crippen LogP contribution in [0, 0.1) is 0 Å². The van der Waals surface area contributed by atoms with E-state index in [2.05, 4.69) is 10.0 Å². The third-order valence-corrected chi connectivity index (χ3v) is 6.02. The molecule has 0 spiro atoms. The summed E-state index contributed by atoms with van der Waals surface area (Å²) < 4.78 is 31.0. The molecule has 0 fully saturated rings. The van der Waals surface area contributed by atoms with Crippen molar-refractivity contribution in [2.45, 2.75) is 17.9 Å². The van der Waals surface area contributed by atoms with E-state index >= 15 is 0 Å². The van der Waals surface area contributed by atoms with Gasteiger partial charge < -0.3 is 10.1 Å². The van der Waals surface area contributed by atoms with Crippen LogP contribution >= 0.6 is 0 Å². The Morgan fingerprint density at radius 1 is 0.871 bits per heavy atom. The maximum absolute atomic E-state index is 12.6. The number of sulfonamides is 1. The van der Waals surface area contributed by atoms with E-state index in [9.17, 15) is 18.0 Å². The zero-order chi connectivity index (χ0) is 22.4. The Hall–Kier alpha value is -3.49. The molecule has 0 saturated heterocycles. The molecule has 0 radical (unpaired) electrons. The number of para-hydroxylation sites is 1. The topological polar surface area (TPSA) is 102 Å². The summed E-state index contributed by atoms with van der Waals surface area (Å²) in [5.74, 6) is -1.21. The van der Waals surface area contributed by atoms with Crippen molar-refractivity contribution in [2.24, 2.45) is 0 Å². The Bertz CT molecular complexity index is 1180. The molecule has 0 aliphatic rings. The van der Waals surface area contributed by atoms with Crippen LogP contribution in [0.2, 0.25) is 0 Å². The standard InChI is InChI=1S/C23H22N2O5S/c1-16(30-23(27)18-12-14-19(15-13-18)31(28,29)24-2)22(26)25-21-11-7-6-10-20(21)17-8-4-3-5-9-17/h3-16,24H,1-2H3,(H,25,26). The van der Waals surface area contributed by atoms with Crippen LogP contribution in [-0.2, 0) is 19.6 Å². The van der Waals surface area contributed by atoms with Crippen molar-refractivity contribution in [2.75, 3.05) is 12.4 Å². The summed E-state index contributed by atoms with van der Waals surface area (Å²) >= 11 is 0. The molecule has 3 aromatic rings. The molecule has 0 aliphatic carbocycles. The summed E-state index contributed by atoms with van der Waals surface area (Å²) in [6.07, 6.45) is -1.06. The van der Waals surface area contributed by atoms with Gasteiger partial charge >= 0.3 is 5.97 Å². The second-order valence-corrected chi connectivity index (χ2v) is 8.57. The van der Waals surface area contributed by atoms with Gasteiger partial charge in [-0.3, -0.25) is 4.79 Å². The highest BCUT2D eigenvalue weighted by Crippen LogP contribution is 2.27. The fraction of sp³-hybridized carbons (Fsp3) is 0.130. The SMILES string of the molecule is CNS(=O)(=O)c1ccc(C(=O)OC(C)C(=O)Nc2ccccc2-c2ccccc2)cc1. The van der Waals surface area contributed by atoms with Crippen molar-refractivity contribution in [1.29, 1.82) is 0 Å². The summed E-state index contributed by atoms with van der Waals surface area (Å²) in [6.45, 7) is 1.47. The fourth-order valence-corrected chi connectivity index (χ4v) is 3.60. The average Bonchev–Trinajstić information content (AvgIpc) is 2.80. The van der Waals surface area contributed by atoms with Crippen LogP contribution in [0.15, 0.2) is 83.8 Å². The first-order chi connectivity index (χ1) is 14.8. The Kier molecular flexibility index (Phi) is 6.84. The van der Waals surface area contributed by atoms with E-state index in [0.717, 1.165) is 11.1 Å². The second kappa shape index (κ2) is 9.55. The van der Waals surface area contributed by atoms with Gasteiger partial charge in [-0.15, -0.1) is 0 Å². The molecule has 0 saturated carbocycles. The van der Waals surface area contributed by atoms with Gasteiger partial charge in [-0.1, -0.05) is 48.5 Å². The minimum Gasteiger partial charge on any atom is -0.449 e. The van der Waals surface area contributed by atoms with Gasteiger partial charge in [-0.05, 0) is 49.9 Å². The Labute approximate surface area is 181 Å². The summed E-state index contributed by atoms with van der Waals surface area (Å²) in [4.78, 5) is 25.0. The van der Waals surface area contributed by atoms with Crippen molar-refractivity contribution in [3.05, 3.63) is 84.4 Å². The minimum atomic E-state index is -3.61.